The van der Waals surface area contributed by atoms with Crippen molar-refractivity contribution in [2.24, 2.45) is 5.73 Å². The number of rotatable bonds is 4. The van der Waals surface area contributed by atoms with Gasteiger partial charge < -0.3 is 20.5 Å². The van der Waals surface area contributed by atoms with Gasteiger partial charge in [0.25, 0.3) is 0 Å². The minimum atomic E-state index is -1.06. The molecule has 0 aromatic heterocycles. The Morgan fingerprint density at radius 2 is 2.33 bits per heavy atom. The number of aliphatic carboxylic acids is 1. The molecule has 1 aliphatic heterocycles. The van der Waals surface area contributed by atoms with Gasteiger partial charge in [-0.15, -0.1) is 0 Å². The summed E-state index contributed by atoms with van der Waals surface area (Å²) in [6.07, 6.45) is -0.336. The lowest BCUT2D eigenvalue weighted by Gasteiger charge is -2.28. The molecule has 3 atom stereocenters. The number of nitrogens with two attached hydrogens (primary N) is 1. The zero-order chi connectivity index (χ0) is 11.6. The standard InChI is InChI=1S/C9H16N2O4/c1-5(15-2)8(9(13)14)11-4-6(10)3-7(11)12/h5-6,8H,3-4,10H2,1-2H3,(H,13,14)/t5-,6?,8+/m1/s1. The average Bonchev–Trinajstić information content (AvgIpc) is 2.45. The summed E-state index contributed by atoms with van der Waals surface area (Å²) in [7, 11) is 1.42. The Morgan fingerprint density at radius 1 is 1.73 bits per heavy atom. The molecule has 1 rings (SSSR count). The van der Waals surface area contributed by atoms with Crippen molar-refractivity contribution < 1.29 is 19.4 Å². The third-order valence-corrected chi connectivity index (χ3v) is 2.59. The van der Waals surface area contributed by atoms with Gasteiger partial charge in [-0.25, -0.2) is 4.79 Å². The maximum atomic E-state index is 11.5. The summed E-state index contributed by atoms with van der Waals surface area (Å²) in [4.78, 5) is 23.8. The lowest BCUT2D eigenvalue weighted by Crippen LogP contribution is -2.49. The number of hydrogen-bond donors (Lipinski definition) is 2. The smallest absolute Gasteiger partial charge is 0.329 e. The van der Waals surface area contributed by atoms with Gasteiger partial charge in [0.05, 0.1) is 6.10 Å². The quantitative estimate of drug-likeness (QED) is 0.631. The Kier molecular flexibility index (Phi) is 3.65. The maximum Gasteiger partial charge on any atom is 0.329 e. The van der Waals surface area contributed by atoms with Crippen LogP contribution in [-0.4, -0.2) is 53.7 Å². The molecule has 1 fully saturated rings. The maximum absolute atomic E-state index is 11.5. The van der Waals surface area contributed by atoms with E-state index >= 15 is 0 Å². The largest absolute Gasteiger partial charge is 0.480 e. The fourth-order valence-corrected chi connectivity index (χ4v) is 1.75. The van der Waals surface area contributed by atoms with Crippen molar-refractivity contribution in [1.82, 2.24) is 4.90 Å². The highest BCUT2D eigenvalue weighted by atomic mass is 16.5. The Balaban J connectivity index is 2.81. The summed E-state index contributed by atoms with van der Waals surface area (Å²) in [5.41, 5.74) is 5.60. The zero-order valence-electron chi connectivity index (χ0n) is 8.84. The molecule has 0 aromatic rings. The van der Waals surface area contributed by atoms with Gasteiger partial charge in [-0.2, -0.15) is 0 Å². The molecule has 15 heavy (non-hydrogen) atoms. The van der Waals surface area contributed by atoms with Crippen molar-refractivity contribution in [2.45, 2.75) is 31.5 Å². The van der Waals surface area contributed by atoms with Crippen LogP contribution in [0.1, 0.15) is 13.3 Å². The van der Waals surface area contributed by atoms with Gasteiger partial charge in [-0.05, 0) is 6.92 Å². The number of likely N-dealkylation sites (tertiary alicyclic amines) is 1. The number of carbonyl (C=O) groups excluding carboxylic acids is 1. The van der Waals surface area contributed by atoms with Crippen molar-refractivity contribution in [3.05, 3.63) is 0 Å². The molecule has 1 aliphatic rings. The molecule has 1 heterocycles. The van der Waals surface area contributed by atoms with Crippen molar-refractivity contribution in [1.29, 1.82) is 0 Å². The molecule has 0 saturated carbocycles. The SMILES string of the molecule is CO[C@H](C)[C@@H](C(=O)O)N1CC(N)CC1=O. The highest BCUT2D eigenvalue weighted by molar-refractivity contribution is 5.86. The fraction of sp³-hybridized carbons (Fsp3) is 0.778. The second-order valence-electron chi connectivity index (χ2n) is 3.73. The van der Waals surface area contributed by atoms with Crippen molar-refractivity contribution in [3.63, 3.8) is 0 Å². The summed E-state index contributed by atoms with van der Waals surface area (Å²) in [6.45, 7) is 1.90. The number of nitrogens with zero attached hydrogens (tertiary/aromatic N) is 1. The Bertz CT molecular complexity index is 269. The van der Waals surface area contributed by atoms with E-state index < -0.39 is 18.1 Å². The fourth-order valence-electron chi connectivity index (χ4n) is 1.75. The molecule has 0 aliphatic carbocycles. The van der Waals surface area contributed by atoms with E-state index in [9.17, 15) is 9.59 Å². The lowest BCUT2D eigenvalue weighted by molar-refractivity contribution is -0.153. The third-order valence-electron chi connectivity index (χ3n) is 2.59. The number of methoxy groups -OCH3 is 1. The molecule has 86 valence electrons. The summed E-state index contributed by atoms with van der Waals surface area (Å²) in [5.74, 6) is -1.29. The molecule has 0 spiro atoms. The van der Waals surface area contributed by atoms with Gasteiger partial charge in [-0.1, -0.05) is 0 Å². The predicted molar refractivity (Wildman–Crippen MR) is 52.2 cm³/mol. The third kappa shape index (κ3) is 2.45. The van der Waals surface area contributed by atoms with Gasteiger partial charge in [0.1, 0.15) is 0 Å². The summed E-state index contributed by atoms with van der Waals surface area (Å²) in [6, 6.07) is -1.22. The van der Waals surface area contributed by atoms with Crippen LogP contribution in [0.15, 0.2) is 0 Å². The topological polar surface area (TPSA) is 92.9 Å². The molecular weight excluding hydrogens is 200 g/mol. The number of amides is 1. The van der Waals surface area contributed by atoms with Crippen molar-refractivity contribution in [3.8, 4) is 0 Å². The van der Waals surface area contributed by atoms with Crippen molar-refractivity contribution >= 4 is 11.9 Å². The molecule has 1 saturated heterocycles. The van der Waals surface area contributed by atoms with E-state index in [2.05, 4.69) is 0 Å². The van der Waals surface area contributed by atoms with Crippen LogP contribution in [0.25, 0.3) is 0 Å². The molecule has 3 N–H and O–H groups in total. The molecule has 1 unspecified atom stereocenters. The van der Waals surface area contributed by atoms with Crippen LogP contribution in [-0.2, 0) is 14.3 Å². The number of carboxylic acid groups (broad SMARTS) is 1. The van der Waals surface area contributed by atoms with E-state index in [1.54, 1.807) is 6.92 Å². The van der Waals surface area contributed by atoms with E-state index in [1.165, 1.54) is 12.0 Å². The first kappa shape index (κ1) is 11.9. The normalized spacial score (nSPS) is 25.4. The first-order chi connectivity index (χ1) is 6.97. The Labute approximate surface area is 88.0 Å². The van der Waals surface area contributed by atoms with Crippen LogP contribution < -0.4 is 5.73 Å². The van der Waals surface area contributed by atoms with E-state index in [4.69, 9.17) is 15.6 Å². The minimum Gasteiger partial charge on any atom is -0.480 e. The van der Waals surface area contributed by atoms with Crippen LogP contribution in [0.2, 0.25) is 0 Å². The number of carbonyl (C=O) groups is 2. The number of hydrogen-bond acceptors (Lipinski definition) is 4. The van der Waals surface area contributed by atoms with Gasteiger partial charge in [0.2, 0.25) is 5.91 Å². The number of carboxylic acids is 1. The molecule has 6 heteroatoms. The molecule has 1 amide bonds. The minimum absolute atomic E-state index is 0.209. The van der Waals surface area contributed by atoms with Crippen molar-refractivity contribution in [2.75, 3.05) is 13.7 Å². The summed E-state index contributed by atoms with van der Waals surface area (Å²) in [5, 5.41) is 9.02. The van der Waals surface area contributed by atoms with Crippen LogP contribution in [0.5, 0.6) is 0 Å². The molecular formula is C9H16N2O4. The van der Waals surface area contributed by atoms with E-state index in [0.717, 1.165) is 0 Å². The summed E-state index contributed by atoms with van der Waals surface area (Å²) < 4.78 is 4.95. The average molecular weight is 216 g/mol. The van der Waals surface area contributed by atoms with Crippen LogP contribution >= 0.6 is 0 Å². The highest BCUT2D eigenvalue weighted by Gasteiger charge is 2.39. The van der Waals surface area contributed by atoms with Crippen LogP contribution in [0, 0.1) is 0 Å². The van der Waals surface area contributed by atoms with Crippen LogP contribution in [0.4, 0.5) is 0 Å². The Hall–Kier alpha value is -1.14. The monoisotopic (exact) mass is 216 g/mol. The Morgan fingerprint density at radius 3 is 2.67 bits per heavy atom. The van der Waals surface area contributed by atoms with Gasteiger partial charge >= 0.3 is 5.97 Å². The van der Waals surface area contributed by atoms with E-state index in [-0.39, 0.29) is 24.9 Å². The van der Waals surface area contributed by atoms with Gasteiger partial charge in [0, 0.05) is 26.1 Å². The number of ether oxygens (including phenoxy) is 1. The van der Waals surface area contributed by atoms with E-state index in [0.29, 0.717) is 0 Å². The first-order valence-corrected chi connectivity index (χ1v) is 4.78. The lowest BCUT2D eigenvalue weighted by atomic mass is 10.1. The molecule has 6 nitrogen and oxygen atoms in total. The summed E-state index contributed by atoms with van der Waals surface area (Å²) >= 11 is 0. The molecule has 0 radical (unpaired) electrons. The zero-order valence-corrected chi connectivity index (χ0v) is 8.84. The van der Waals surface area contributed by atoms with Crippen LogP contribution in [0.3, 0.4) is 0 Å². The van der Waals surface area contributed by atoms with Gasteiger partial charge in [-0.3, -0.25) is 4.79 Å². The van der Waals surface area contributed by atoms with Gasteiger partial charge in [0.15, 0.2) is 6.04 Å². The second kappa shape index (κ2) is 4.59. The first-order valence-electron chi connectivity index (χ1n) is 4.78. The highest BCUT2D eigenvalue weighted by Crippen LogP contribution is 2.17. The molecule has 0 bridgehead atoms. The predicted octanol–water partition coefficient (Wildman–Crippen LogP) is -0.966. The van der Waals surface area contributed by atoms with E-state index in [1.807, 2.05) is 0 Å². The molecule has 0 aromatic carbocycles. The second-order valence-corrected chi connectivity index (χ2v) is 3.73.